The molecule has 72 valence electrons. The van der Waals surface area contributed by atoms with Crippen molar-refractivity contribution < 1.29 is 4.79 Å². The fourth-order valence-corrected chi connectivity index (χ4v) is 0.870. The van der Waals surface area contributed by atoms with Gasteiger partial charge in [-0.05, 0) is 31.4 Å². The summed E-state index contributed by atoms with van der Waals surface area (Å²) in [7, 11) is 0. The van der Waals surface area contributed by atoms with E-state index in [-0.39, 0.29) is 17.6 Å². The van der Waals surface area contributed by atoms with E-state index in [1.807, 2.05) is 6.08 Å². The van der Waals surface area contributed by atoms with Gasteiger partial charge in [0.2, 0.25) is 5.24 Å². The summed E-state index contributed by atoms with van der Waals surface area (Å²) in [5.74, 6) is 0. The quantitative estimate of drug-likeness (QED) is 0.385. The second-order valence-electron chi connectivity index (χ2n) is 2.66. The maximum Gasteiger partial charge on any atom is 0.247 e. The molecule has 0 aliphatic heterocycles. The molecule has 0 aromatic rings. The topological polar surface area (TPSA) is 17.1 Å². The van der Waals surface area contributed by atoms with Crippen molar-refractivity contribution in [3.8, 4) is 0 Å². The molecule has 0 aromatic heterocycles. The molecule has 0 spiro atoms. The summed E-state index contributed by atoms with van der Waals surface area (Å²) < 4.78 is 0. The summed E-state index contributed by atoms with van der Waals surface area (Å²) in [5.41, 5.74) is 0.669. The Morgan fingerprint density at radius 2 is 2.00 bits per heavy atom. The van der Waals surface area contributed by atoms with E-state index in [0.29, 0.717) is 5.57 Å². The summed E-state index contributed by atoms with van der Waals surface area (Å²) >= 11 is 5.23. The standard InChI is InChI=1S/C9H15ClO.ClH/c1-3-4-5-6-7-8(2)9(10)11;/h7H,3-6H2,1-2H3;1H/b8-7-;. The van der Waals surface area contributed by atoms with Crippen LogP contribution >= 0.6 is 24.0 Å². The Bertz CT molecular complexity index is 153. The van der Waals surface area contributed by atoms with Crippen molar-refractivity contribution in [2.45, 2.75) is 39.5 Å². The first-order chi connectivity index (χ1) is 5.18. The van der Waals surface area contributed by atoms with Crippen LogP contribution in [0.3, 0.4) is 0 Å². The lowest BCUT2D eigenvalue weighted by molar-refractivity contribution is -0.108. The minimum Gasteiger partial charge on any atom is -0.276 e. The first-order valence-corrected chi connectivity index (χ1v) is 4.43. The van der Waals surface area contributed by atoms with Gasteiger partial charge in [0, 0.05) is 5.57 Å². The molecule has 0 aliphatic rings. The molecule has 0 heterocycles. The summed E-state index contributed by atoms with van der Waals surface area (Å²) in [5, 5.41) is -0.332. The highest BCUT2D eigenvalue weighted by molar-refractivity contribution is 6.67. The molecule has 0 N–H and O–H groups in total. The third-order valence-electron chi connectivity index (χ3n) is 1.57. The first kappa shape index (κ1) is 14.5. The van der Waals surface area contributed by atoms with Gasteiger partial charge in [-0.3, -0.25) is 4.79 Å². The Labute approximate surface area is 85.6 Å². The minimum absolute atomic E-state index is 0. The van der Waals surface area contributed by atoms with Gasteiger partial charge in [-0.1, -0.05) is 25.8 Å². The number of unbranched alkanes of at least 4 members (excludes halogenated alkanes) is 3. The average molecular weight is 211 g/mol. The minimum atomic E-state index is -0.332. The lowest BCUT2D eigenvalue weighted by Gasteiger charge is -1.93. The van der Waals surface area contributed by atoms with Crippen LogP contribution in [0.15, 0.2) is 11.6 Å². The number of hydrogen-bond donors (Lipinski definition) is 0. The third kappa shape index (κ3) is 8.09. The van der Waals surface area contributed by atoms with Crippen molar-refractivity contribution in [1.29, 1.82) is 0 Å². The van der Waals surface area contributed by atoms with E-state index in [0.717, 1.165) is 12.8 Å². The van der Waals surface area contributed by atoms with Gasteiger partial charge in [0.25, 0.3) is 0 Å². The fraction of sp³-hybridized carbons (Fsp3) is 0.667. The Hall–Kier alpha value is -0.0100. The zero-order chi connectivity index (χ0) is 8.69. The molecule has 0 saturated heterocycles. The molecular formula is C9H16Cl2O. The second-order valence-corrected chi connectivity index (χ2v) is 3.00. The predicted octanol–water partition coefficient (Wildman–Crippen LogP) is 3.70. The van der Waals surface area contributed by atoms with Gasteiger partial charge in [0.1, 0.15) is 0 Å². The largest absolute Gasteiger partial charge is 0.276 e. The van der Waals surface area contributed by atoms with Gasteiger partial charge in [-0.2, -0.15) is 0 Å². The van der Waals surface area contributed by atoms with E-state index in [1.54, 1.807) is 6.92 Å². The molecule has 0 radical (unpaired) electrons. The molecule has 0 aliphatic carbocycles. The lowest BCUT2D eigenvalue weighted by atomic mass is 10.1. The number of hydrogen-bond acceptors (Lipinski definition) is 1. The van der Waals surface area contributed by atoms with Crippen molar-refractivity contribution in [2.24, 2.45) is 0 Å². The maximum atomic E-state index is 10.5. The van der Waals surface area contributed by atoms with E-state index in [4.69, 9.17) is 11.6 Å². The van der Waals surface area contributed by atoms with Crippen LogP contribution < -0.4 is 0 Å². The van der Waals surface area contributed by atoms with Crippen LogP contribution in [0.4, 0.5) is 0 Å². The molecule has 0 aromatic carbocycles. The monoisotopic (exact) mass is 210 g/mol. The average Bonchev–Trinajstić information content (AvgIpc) is 1.97. The van der Waals surface area contributed by atoms with Crippen LogP contribution in [0.25, 0.3) is 0 Å². The maximum absolute atomic E-state index is 10.5. The van der Waals surface area contributed by atoms with Crippen molar-refractivity contribution in [3.63, 3.8) is 0 Å². The van der Waals surface area contributed by atoms with Crippen LogP contribution in [0.5, 0.6) is 0 Å². The van der Waals surface area contributed by atoms with Crippen molar-refractivity contribution >= 4 is 29.3 Å². The Balaban J connectivity index is 0. The fourth-order valence-electron chi connectivity index (χ4n) is 0.793. The number of carbonyl (C=O) groups is 1. The highest BCUT2D eigenvalue weighted by atomic mass is 35.5. The molecule has 12 heavy (non-hydrogen) atoms. The molecule has 0 fully saturated rings. The van der Waals surface area contributed by atoms with Crippen LogP contribution in [-0.2, 0) is 4.79 Å². The molecule has 3 heteroatoms. The highest BCUT2D eigenvalue weighted by Crippen LogP contribution is 2.05. The van der Waals surface area contributed by atoms with Gasteiger partial charge in [-0.15, -0.1) is 12.4 Å². The van der Waals surface area contributed by atoms with Gasteiger partial charge in [0.15, 0.2) is 0 Å². The second kappa shape index (κ2) is 9.08. The molecular weight excluding hydrogens is 195 g/mol. The van der Waals surface area contributed by atoms with Crippen LogP contribution in [0, 0.1) is 0 Å². The first-order valence-electron chi connectivity index (χ1n) is 4.05. The summed E-state index contributed by atoms with van der Waals surface area (Å²) in [6.45, 7) is 3.91. The number of allylic oxidation sites excluding steroid dienone is 2. The number of rotatable bonds is 5. The molecule has 0 bridgehead atoms. The summed E-state index contributed by atoms with van der Waals surface area (Å²) in [6.07, 6.45) is 6.46. The van der Waals surface area contributed by atoms with E-state index >= 15 is 0 Å². The predicted molar refractivity (Wildman–Crippen MR) is 56.0 cm³/mol. The van der Waals surface area contributed by atoms with Crippen molar-refractivity contribution in [2.75, 3.05) is 0 Å². The van der Waals surface area contributed by atoms with Gasteiger partial charge in [-0.25, -0.2) is 0 Å². The SMILES string of the molecule is CCCCC/C=C(/C)C(=O)Cl.Cl. The van der Waals surface area contributed by atoms with Gasteiger partial charge in [0.05, 0.1) is 0 Å². The third-order valence-corrected chi connectivity index (χ3v) is 1.87. The molecule has 1 nitrogen and oxygen atoms in total. The van der Waals surface area contributed by atoms with Crippen LogP contribution in [0.2, 0.25) is 0 Å². The van der Waals surface area contributed by atoms with Gasteiger partial charge >= 0.3 is 0 Å². The lowest BCUT2D eigenvalue weighted by Crippen LogP contribution is -1.86. The highest BCUT2D eigenvalue weighted by Gasteiger charge is 1.96. The van der Waals surface area contributed by atoms with Crippen molar-refractivity contribution in [3.05, 3.63) is 11.6 Å². The number of carbonyl (C=O) groups excluding carboxylic acids is 1. The summed E-state index contributed by atoms with van der Waals surface area (Å²) in [4.78, 5) is 10.5. The zero-order valence-corrected chi connectivity index (χ0v) is 9.17. The molecule has 0 rings (SSSR count). The van der Waals surface area contributed by atoms with E-state index < -0.39 is 0 Å². The van der Waals surface area contributed by atoms with Gasteiger partial charge < -0.3 is 0 Å². The Morgan fingerprint density at radius 3 is 2.42 bits per heavy atom. The van der Waals surface area contributed by atoms with Crippen LogP contribution in [-0.4, -0.2) is 5.24 Å². The molecule has 0 atom stereocenters. The molecule has 0 unspecified atom stereocenters. The van der Waals surface area contributed by atoms with E-state index in [1.165, 1.54) is 12.8 Å². The van der Waals surface area contributed by atoms with E-state index in [9.17, 15) is 4.79 Å². The zero-order valence-electron chi connectivity index (χ0n) is 7.60. The molecule has 0 amide bonds. The Morgan fingerprint density at radius 1 is 1.42 bits per heavy atom. The van der Waals surface area contributed by atoms with E-state index in [2.05, 4.69) is 6.92 Å². The number of halogens is 2. The molecule has 0 saturated carbocycles. The Kier molecular flexibility index (Phi) is 11.0. The van der Waals surface area contributed by atoms with Crippen molar-refractivity contribution in [1.82, 2.24) is 0 Å². The smallest absolute Gasteiger partial charge is 0.247 e. The van der Waals surface area contributed by atoms with Crippen LogP contribution in [0.1, 0.15) is 39.5 Å². The summed E-state index contributed by atoms with van der Waals surface area (Å²) in [6, 6.07) is 0. The normalized spacial score (nSPS) is 10.8.